The third-order valence-corrected chi connectivity index (χ3v) is 3.90. The lowest BCUT2D eigenvalue weighted by atomic mass is 10.0. The van der Waals surface area contributed by atoms with E-state index in [1.807, 2.05) is 0 Å². The van der Waals surface area contributed by atoms with Crippen molar-refractivity contribution in [3.63, 3.8) is 0 Å². The van der Waals surface area contributed by atoms with Crippen LogP contribution in [0.4, 0.5) is 20.4 Å². The van der Waals surface area contributed by atoms with Gasteiger partial charge in [0, 0.05) is 12.6 Å². The second-order valence-corrected chi connectivity index (χ2v) is 5.18. The standard InChI is InChI=1S/C12H15F2N3/c13-8-5-9(14)11(17-10(8)15)16-6-12(3-4-12)7-1-2-7/h5,7H,1-4,6H2,(H3,15,16,17). The number of hydrogen-bond acceptors (Lipinski definition) is 3. The Kier molecular flexibility index (Phi) is 2.24. The van der Waals surface area contributed by atoms with Crippen LogP contribution >= 0.6 is 0 Å². The first-order valence-electron chi connectivity index (χ1n) is 5.96. The molecule has 0 radical (unpaired) electrons. The van der Waals surface area contributed by atoms with Crippen molar-refractivity contribution in [2.24, 2.45) is 11.3 Å². The van der Waals surface area contributed by atoms with Crippen molar-refractivity contribution >= 4 is 11.6 Å². The van der Waals surface area contributed by atoms with Crippen molar-refractivity contribution in [1.82, 2.24) is 4.98 Å². The molecule has 0 aromatic carbocycles. The van der Waals surface area contributed by atoms with Gasteiger partial charge in [-0.1, -0.05) is 0 Å². The lowest BCUT2D eigenvalue weighted by Gasteiger charge is -2.16. The molecule has 0 amide bonds. The highest BCUT2D eigenvalue weighted by molar-refractivity contribution is 5.45. The van der Waals surface area contributed by atoms with Gasteiger partial charge in [0.1, 0.15) is 0 Å². The molecular weight excluding hydrogens is 224 g/mol. The number of rotatable bonds is 4. The summed E-state index contributed by atoms with van der Waals surface area (Å²) in [5.74, 6) is -0.892. The summed E-state index contributed by atoms with van der Waals surface area (Å²) in [6.45, 7) is 0.715. The number of nitrogens with two attached hydrogens (primary N) is 1. The van der Waals surface area contributed by atoms with E-state index in [-0.39, 0.29) is 11.6 Å². The maximum absolute atomic E-state index is 13.4. The first-order valence-corrected chi connectivity index (χ1v) is 5.96. The Morgan fingerprint density at radius 3 is 2.65 bits per heavy atom. The van der Waals surface area contributed by atoms with Gasteiger partial charge in [0.25, 0.3) is 0 Å². The average molecular weight is 239 g/mol. The number of halogens is 2. The van der Waals surface area contributed by atoms with Gasteiger partial charge in [0.15, 0.2) is 23.3 Å². The van der Waals surface area contributed by atoms with Crippen molar-refractivity contribution in [1.29, 1.82) is 0 Å². The number of pyridine rings is 1. The van der Waals surface area contributed by atoms with Crippen molar-refractivity contribution in [3.8, 4) is 0 Å². The monoisotopic (exact) mass is 239 g/mol. The Bertz CT molecular complexity index is 453. The van der Waals surface area contributed by atoms with Gasteiger partial charge in [-0.2, -0.15) is 0 Å². The maximum Gasteiger partial charge on any atom is 0.168 e. The summed E-state index contributed by atoms with van der Waals surface area (Å²) < 4.78 is 26.4. The molecule has 0 bridgehead atoms. The summed E-state index contributed by atoms with van der Waals surface area (Å²) in [6, 6.07) is 0.779. The van der Waals surface area contributed by atoms with E-state index >= 15 is 0 Å². The van der Waals surface area contributed by atoms with Crippen molar-refractivity contribution in [2.75, 3.05) is 17.6 Å². The molecule has 2 aliphatic rings. The molecule has 3 rings (SSSR count). The normalized spacial score (nSPS) is 21.3. The third kappa shape index (κ3) is 1.94. The summed E-state index contributed by atoms with van der Waals surface area (Å²) in [7, 11) is 0. The van der Waals surface area contributed by atoms with Crippen LogP contribution in [0.2, 0.25) is 0 Å². The predicted molar refractivity (Wildman–Crippen MR) is 61.4 cm³/mol. The number of nitrogen functional groups attached to an aromatic ring is 1. The highest BCUT2D eigenvalue weighted by Gasteiger charge is 2.53. The fourth-order valence-corrected chi connectivity index (χ4v) is 2.45. The van der Waals surface area contributed by atoms with Gasteiger partial charge >= 0.3 is 0 Å². The molecule has 0 unspecified atom stereocenters. The Morgan fingerprint density at radius 2 is 2.06 bits per heavy atom. The number of aromatic nitrogens is 1. The second-order valence-electron chi connectivity index (χ2n) is 5.18. The molecule has 0 atom stereocenters. The zero-order valence-corrected chi connectivity index (χ0v) is 9.47. The quantitative estimate of drug-likeness (QED) is 0.849. The third-order valence-electron chi connectivity index (χ3n) is 3.90. The molecule has 2 aliphatic carbocycles. The Balaban J connectivity index is 1.70. The summed E-state index contributed by atoms with van der Waals surface area (Å²) in [5.41, 5.74) is 5.67. The highest BCUT2D eigenvalue weighted by Crippen LogP contribution is 2.61. The van der Waals surface area contributed by atoms with E-state index in [2.05, 4.69) is 10.3 Å². The predicted octanol–water partition coefficient (Wildman–Crippen LogP) is 2.54. The van der Waals surface area contributed by atoms with Crippen molar-refractivity contribution < 1.29 is 8.78 Å². The van der Waals surface area contributed by atoms with E-state index in [4.69, 9.17) is 5.73 Å². The Labute approximate surface area is 98.4 Å². The van der Waals surface area contributed by atoms with E-state index in [0.717, 1.165) is 12.0 Å². The summed E-state index contributed by atoms with van der Waals surface area (Å²) >= 11 is 0. The van der Waals surface area contributed by atoms with Crippen LogP contribution in [0.5, 0.6) is 0 Å². The number of anilines is 2. The molecule has 2 saturated carbocycles. The van der Waals surface area contributed by atoms with Crippen LogP contribution in [-0.4, -0.2) is 11.5 Å². The molecule has 92 valence electrons. The van der Waals surface area contributed by atoms with Crippen molar-refractivity contribution in [2.45, 2.75) is 25.7 Å². The minimum Gasteiger partial charge on any atom is -0.381 e. The Morgan fingerprint density at radius 1 is 1.35 bits per heavy atom. The van der Waals surface area contributed by atoms with Crippen LogP contribution in [0.1, 0.15) is 25.7 Å². The molecule has 3 nitrogen and oxygen atoms in total. The average Bonchev–Trinajstić information content (AvgIpc) is 3.14. The van der Waals surface area contributed by atoms with Gasteiger partial charge in [0.2, 0.25) is 0 Å². The fourth-order valence-electron chi connectivity index (χ4n) is 2.45. The maximum atomic E-state index is 13.4. The van der Waals surface area contributed by atoms with Gasteiger partial charge in [-0.25, -0.2) is 13.8 Å². The molecule has 17 heavy (non-hydrogen) atoms. The first kappa shape index (κ1) is 10.7. The van der Waals surface area contributed by atoms with E-state index in [9.17, 15) is 8.78 Å². The zero-order chi connectivity index (χ0) is 12.0. The van der Waals surface area contributed by atoms with Crippen LogP contribution in [0.15, 0.2) is 6.07 Å². The minimum absolute atomic E-state index is 0.0656. The van der Waals surface area contributed by atoms with Gasteiger partial charge < -0.3 is 11.1 Å². The fraction of sp³-hybridized carbons (Fsp3) is 0.583. The molecule has 5 heteroatoms. The lowest BCUT2D eigenvalue weighted by molar-refractivity contribution is 0.464. The van der Waals surface area contributed by atoms with Gasteiger partial charge in [-0.15, -0.1) is 0 Å². The molecule has 1 aromatic heterocycles. The number of nitrogens with zero attached hydrogens (tertiary/aromatic N) is 1. The lowest BCUT2D eigenvalue weighted by Crippen LogP contribution is -2.19. The van der Waals surface area contributed by atoms with E-state index in [1.165, 1.54) is 25.7 Å². The summed E-state index contributed by atoms with van der Waals surface area (Å²) in [5, 5.41) is 2.97. The molecule has 0 saturated heterocycles. The zero-order valence-electron chi connectivity index (χ0n) is 9.47. The van der Waals surface area contributed by atoms with Gasteiger partial charge in [-0.05, 0) is 37.0 Å². The van der Waals surface area contributed by atoms with Crippen LogP contribution in [0, 0.1) is 23.0 Å². The molecular formula is C12H15F2N3. The minimum atomic E-state index is -0.809. The first-order chi connectivity index (χ1) is 8.11. The molecule has 0 spiro atoms. The van der Waals surface area contributed by atoms with E-state index in [0.29, 0.717) is 12.0 Å². The van der Waals surface area contributed by atoms with Crippen LogP contribution in [0.3, 0.4) is 0 Å². The van der Waals surface area contributed by atoms with Gasteiger partial charge in [-0.3, -0.25) is 0 Å². The molecule has 1 heterocycles. The summed E-state index contributed by atoms with van der Waals surface area (Å²) in [4.78, 5) is 3.70. The van der Waals surface area contributed by atoms with Crippen LogP contribution < -0.4 is 11.1 Å². The van der Waals surface area contributed by atoms with Crippen LogP contribution in [-0.2, 0) is 0 Å². The molecule has 1 aromatic rings. The van der Waals surface area contributed by atoms with Crippen molar-refractivity contribution in [3.05, 3.63) is 17.7 Å². The van der Waals surface area contributed by atoms with Gasteiger partial charge in [0.05, 0.1) is 0 Å². The van der Waals surface area contributed by atoms with Crippen LogP contribution in [0.25, 0.3) is 0 Å². The SMILES string of the molecule is Nc1nc(NCC2(C3CC3)CC2)c(F)cc1F. The number of nitrogens with one attached hydrogen (secondary N) is 1. The Hall–Kier alpha value is -1.39. The second kappa shape index (κ2) is 3.55. The summed E-state index contributed by atoms with van der Waals surface area (Å²) in [6.07, 6.45) is 4.96. The smallest absolute Gasteiger partial charge is 0.168 e. The topological polar surface area (TPSA) is 50.9 Å². The molecule has 0 aliphatic heterocycles. The largest absolute Gasteiger partial charge is 0.381 e. The highest BCUT2D eigenvalue weighted by atomic mass is 19.1. The van der Waals surface area contributed by atoms with E-state index in [1.54, 1.807) is 0 Å². The molecule has 3 N–H and O–H groups in total. The van der Waals surface area contributed by atoms with E-state index < -0.39 is 11.6 Å². The number of hydrogen-bond donors (Lipinski definition) is 2. The molecule has 2 fully saturated rings.